The van der Waals surface area contributed by atoms with Gasteiger partial charge >= 0.3 is 0 Å². The summed E-state index contributed by atoms with van der Waals surface area (Å²) >= 11 is 0. The van der Waals surface area contributed by atoms with Crippen LogP contribution in [-0.2, 0) is 16.0 Å². The van der Waals surface area contributed by atoms with E-state index in [1.165, 1.54) is 23.1 Å². The van der Waals surface area contributed by atoms with Crippen LogP contribution in [0.3, 0.4) is 0 Å². The summed E-state index contributed by atoms with van der Waals surface area (Å²) in [5, 5.41) is 0. The first kappa shape index (κ1) is 23.2. The van der Waals surface area contributed by atoms with Crippen molar-refractivity contribution in [3.05, 3.63) is 95.8 Å². The summed E-state index contributed by atoms with van der Waals surface area (Å²) in [5.41, 5.74) is 1.24. The van der Waals surface area contributed by atoms with E-state index in [2.05, 4.69) is 0 Å². The molecule has 1 heterocycles. The first-order chi connectivity index (χ1) is 16.5. The summed E-state index contributed by atoms with van der Waals surface area (Å²) in [6.45, 7) is 2.53. The second-order valence-corrected chi connectivity index (χ2v) is 7.93. The van der Waals surface area contributed by atoms with Gasteiger partial charge in [0.05, 0.1) is 24.3 Å². The van der Waals surface area contributed by atoms with Gasteiger partial charge in [0.1, 0.15) is 17.6 Å². The Morgan fingerprint density at radius 3 is 2.35 bits per heavy atom. The fourth-order valence-electron chi connectivity index (χ4n) is 4.07. The van der Waals surface area contributed by atoms with Gasteiger partial charge in [0.25, 0.3) is 11.8 Å². The van der Waals surface area contributed by atoms with Gasteiger partial charge in [0.15, 0.2) is 0 Å². The maximum absolute atomic E-state index is 14.4. The number of halogens is 1. The lowest BCUT2D eigenvalue weighted by Crippen LogP contribution is -2.46. The molecule has 4 rings (SSSR count). The Morgan fingerprint density at radius 1 is 1.00 bits per heavy atom. The summed E-state index contributed by atoms with van der Waals surface area (Å²) in [6.07, 6.45) is 0.295. The molecule has 0 radical (unpaired) electrons. The highest BCUT2D eigenvalue weighted by Gasteiger charge is 2.44. The number of amides is 3. The van der Waals surface area contributed by atoms with Crippen molar-refractivity contribution < 1.29 is 23.5 Å². The average molecular weight is 461 g/mol. The lowest BCUT2D eigenvalue weighted by molar-refractivity contribution is -0.122. The number of ether oxygens (including phenoxy) is 1. The van der Waals surface area contributed by atoms with Crippen LogP contribution >= 0.6 is 0 Å². The third kappa shape index (κ3) is 4.83. The number of hydrogen-bond acceptors (Lipinski definition) is 4. The minimum absolute atomic E-state index is 0.129. The highest BCUT2D eigenvalue weighted by atomic mass is 19.1. The molecule has 1 atom stereocenters. The predicted octanol–water partition coefficient (Wildman–Crippen LogP) is 4.24. The van der Waals surface area contributed by atoms with E-state index >= 15 is 0 Å². The molecule has 0 N–H and O–H groups in total. The summed E-state index contributed by atoms with van der Waals surface area (Å²) in [4.78, 5) is 42.0. The van der Waals surface area contributed by atoms with Gasteiger partial charge in [-0.2, -0.15) is 0 Å². The van der Waals surface area contributed by atoms with Gasteiger partial charge in [-0.3, -0.25) is 14.4 Å². The van der Waals surface area contributed by atoms with Crippen LogP contribution in [0.15, 0.2) is 78.9 Å². The summed E-state index contributed by atoms with van der Waals surface area (Å²) < 4.78 is 19.9. The largest absolute Gasteiger partial charge is 0.494 e. The first-order valence-electron chi connectivity index (χ1n) is 11.2. The number of rotatable bonds is 8. The molecule has 1 aliphatic heterocycles. The molecule has 0 saturated carbocycles. The van der Waals surface area contributed by atoms with Crippen molar-refractivity contribution in [3.63, 3.8) is 0 Å². The van der Waals surface area contributed by atoms with Crippen LogP contribution in [0.1, 0.15) is 29.3 Å². The third-order valence-corrected chi connectivity index (χ3v) is 5.75. The van der Waals surface area contributed by atoms with Gasteiger partial charge in [-0.1, -0.05) is 42.5 Å². The standard InChI is InChI=1S/C27H25FN2O4/c1-2-34-21-14-12-20(13-15-21)30-25(31)18-24(27(30)33)29(17-16-19-8-4-3-5-9-19)26(32)22-10-6-7-11-23(22)28/h3-15,24H,2,16-18H2,1H3. The Labute approximate surface area is 197 Å². The SMILES string of the molecule is CCOc1ccc(N2C(=O)CC(N(CCc3ccccc3)C(=O)c3ccccc3F)C2=O)cc1. The quantitative estimate of drug-likeness (QED) is 0.472. The molecular formula is C27H25FN2O4. The van der Waals surface area contributed by atoms with Crippen LogP contribution in [0.25, 0.3) is 0 Å². The first-order valence-corrected chi connectivity index (χ1v) is 11.2. The van der Waals surface area contributed by atoms with Crippen molar-refractivity contribution in [2.45, 2.75) is 25.8 Å². The monoisotopic (exact) mass is 460 g/mol. The van der Waals surface area contributed by atoms with Crippen molar-refractivity contribution in [2.24, 2.45) is 0 Å². The second-order valence-electron chi connectivity index (χ2n) is 7.93. The molecule has 3 aromatic rings. The second kappa shape index (κ2) is 10.3. The lowest BCUT2D eigenvalue weighted by atomic mass is 10.1. The van der Waals surface area contributed by atoms with Gasteiger partial charge in [-0.25, -0.2) is 9.29 Å². The smallest absolute Gasteiger partial charge is 0.257 e. The number of imide groups is 1. The molecule has 6 nitrogen and oxygen atoms in total. The molecule has 1 aliphatic rings. The van der Waals surface area contributed by atoms with Crippen LogP contribution in [0.2, 0.25) is 0 Å². The van der Waals surface area contributed by atoms with E-state index in [1.807, 2.05) is 37.3 Å². The predicted molar refractivity (Wildman–Crippen MR) is 126 cm³/mol. The Morgan fingerprint density at radius 2 is 1.68 bits per heavy atom. The molecule has 174 valence electrons. The lowest BCUT2D eigenvalue weighted by Gasteiger charge is -2.28. The van der Waals surface area contributed by atoms with E-state index in [0.717, 1.165) is 10.5 Å². The van der Waals surface area contributed by atoms with E-state index < -0.39 is 29.6 Å². The Hall–Kier alpha value is -4.00. The zero-order chi connectivity index (χ0) is 24.1. The van der Waals surface area contributed by atoms with Gasteiger partial charge in [-0.15, -0.1) is 0 Å². The number of anilines is 1. The molecule has 1 saturated heterocycles. The zero-order valence-electron chi connectivity index (χ0n) is 18.8. The van der Waals surface area contributed by atoms with Crippen LogP contribution < -0.4 is 9.64 Å². The van der Waals surface area contributed by atoms with E-state index in [1.54, 1.807) is 30.3 Å². The number of hydrogen-bond donors (Lipinski definition) is 0. The molecule has 3 aromatic carbocycles. The molecule has 1 fully saturated rings. The van der Waals surface area contributed by atoms with Crippen LogP contribution in [-0.4, -0.2) is 41.8 Å². The topological polar surface area (TPSA) is 66.9 Å². The normalized spacial score (nSPS) is 15.5. The van der Waals surface area contributed by atoms with Crippen molar-refractivity contribution in [1.29, 1.82) is 0 Å². The van der Waals surface area contributed by atoms with E-state index in [4.69, 9.17) is 4.74 Å². The minimum atomic E-state index is -1.02. The summed E-state index contributed by atoms with van der Waals surface area (Å²) in [5.74, 6) is -1.58. The number of nitrogens with zero attached hydrogens (tertiary/aromatic N) is 2. The number of benzene rings is 3. The van der Waals surface area contributed by atoms with E-state index in [0.29, 0.717) is 24.5 Å². The molecule has 0 bridgehead atoms. The molecule has 34 heavy (non-hydrogen) atoms. The molecule has 0 spiro atoms. The Kier molecular flexibility index (Phi) is 7.01. The van der Waals surface area contributed by atoms with E-state index in [-0.39, 0.29) is 18.5 Å². The van der Waals surface area contributed by atoms with Crippen LogP contribution in [0.5, 0.6) is 5.75 Å². The van der Waals surface area contributed by atoms with Crippen molar-refractivity contribution in [1.82, 2.24) is 4.90 Å². The third-order valence-electron chi connectivity index (χ3n) is 5.75. The summed E-state index contributed by atoms with van der Waals surface area (Å²) in [6, 6.07) is 20.8. The van der Waals surface area contributed by atoms with Crippen LogP contribution in [0.4, 0.5) is 10.1 Å². The Balaban J connectivity index is 1.62. The highest BCUT2D eigenvalue weighted by molar-refractivity contribution is 6.23. The van der Waals surface area contributed by atoms with Gasteiger partial charge in [0, 0.05) is 6.54 Å². The number of carbonyl (C=O) groups excluding carboxylic acids is 3. The maximum atomic E-state index is 14.4. The molecule has 0 aromatic heterocycles. The molecule has 7 heteroatoms. The van der Waals surface area contributed by atoms with Crippen molar-refractivity contribution in [3.8, 4) is 5.75 Å². The molecule has 3 amide bonds. The Bertz CT molecular complexity index is 1180. The molecule has 1 unspecified atom stereocenters. The number of carbonyl (C=O) groups is 3. The van der Waals surface area contributed by atoms with Crippen LogP contribution in [0, 0.1) is 5.82 Å². The maximum Gasteiger partial charge on any atom is 0.257 e. The van der Waals surface area contributed by atoms with Gasteiger partial charge in [-0.05, 0) is 55.3 Å². The fraction of sp³-hybridized carbons (Fsp3) is 0.222. The molecule has 0 aliphatic carbocycles. The average Bonchev–Trinajstić information content (AvgIpc) is 3.14. The van der Waals surface area contributed by atoms with Gasteiger partial charge in [0.2, 0.25) is 5.91 Å². The minimum Gasteiger partial charge on any atom is -0.494 e. The summed E-state index contributed by atoms with van der Waals surface area (Å²) in [7, 11) is 0. The zero-order valence-corrected chi connectivity index (χ0v) is 18.8. The molecular weight excluding hydrogens is 435 g/mol. The van der Waals surface area contributed by atoms with E-state index in [9.17, 15) is 18.8 Å². The fourth-order valence-corrected chi connectivity index (χ4v) is 4.07. The highest BCUT2D eigenvalue weighted by Crippen LogP contribution is 2.28. The van der Waals surface area contributed by atoms with Crippen molar-refractivity contribution >= 4 is 23.4 Å². The van der Waals surface area contributed by atoms with Gasteiger partial charge < -0.3 is 9.64 Å². The van der Waals surface area contributed by atoms with Crippen molar-refractivity contribution in [2.75, 3.05) is 18.1 Å².